The average molecular weight is 245 g/mol. The van der Waals surface area contributed by atoms with Gasteiger partial charge in [0, 0.05) is 18.2 Å². The van der Waals surface area contributed by atoms with E-state index in [0.717, 1.165) is 36.4 Å². The summed E-state index contributed by atoms with van der Waals surface area (Å²) in [6.07, 6.45) is 2.21. The Kier molecular flexibility index (Phi) is 3.87. The van der Waals surface area contributed by atoms with Gasteiger partial charge in [-0.3, -0.25) is 0 Å². The highest BCUT2D eigenvalue weighted by molar-refractivity contribution is 5.69. The maximum absolute atomic E-state index is 5.97. The van der Waals surface area contributed by atoms with Gasteiger partial charge in [-0.05, 0) is 18.6 Å². The van der Waals surface area contributed by atoms with Crippen LogP contribution in [-0.2, 0) is 6.54 Å². The Hall–Kier alpha value is -1.97. The molecule has 0 amide bonds. The van der Waals surface area contributed by atoms with Crippen molar-refractivity contribution >= 4 is 5.82 Å². The van der Waals surface area contributed by atoms with Gasteiger partial charge < -0.3 is 10.5 Å². The predicted molar refractivity (Wildman–Crippen MR) is 73.5 cm³/mol. The zero-order chi connectivity index (χ0) is 13.0. The Morgan fingerprint density at radius 3 is 2.83 bits per heavy atom. The molecule has 0 aliphatic carbocycles. The number of methoxy groups -OCH3 is 1. The Labute approximate surface area is 107 Å². The molecule has 4 heteroatoms. The Bertz CT molecular complexity index is 520. The lowest BCUT2D eigenvalue weighted by molar-refractivity contribution is 0.416. The standard InChI is InChI=1S/C14H19N3O/c1-3-4-9-17-14(15)10-12(16-17)11-7-5-6-8-13(11)18-2/h5-8,10H,3-4,9,15H2,1-2H3. The van der Waals surface area contributed by atoms with Gasteiger partial charge in [0.2, 0.25) is 0 Å². The first kappa shape index (κ1) is 12.5. The van der Waals surface area contributed by atoms with Crippen molar-refractivity contribution in [1.29, 1.82) is 0 Å². The van der Waals surface area contributed by atoms with Crippen LogP contribution in [0.3, 0.4) is 0 Å². The summed E-state index contributed by atoms with van der Waals surface area (Å²) in [5, 5.41) is 4.54. The number of aromatic nitrogens is 2. The lowest BCUT2D eigenvalue weighted by Gasteiger charge is -2.05. The molecule has 0 unspecified atom stereocenters. The minimum absolute atomic E-state index is 0.698. The van der Waals surface area contributed by atoms with E-state index in [9.17, 15) is 0 Å². The quantitative estimate of drug-likeness (QED) is 0.881. The summed E-state index contributed by atoms with van der Waals surface area (Å²) in [5.74, 6) is 1.52. The second-order valence-corrected chi connectivity index (χ2v) is 4.23. The van der Waals surface area contributed by atoms with E-state index in [1.165, 1.54) is 0 Å². The van der Waals surface area contributed by atoms with E-state index >= 15 is 0 Å². The number of rotatable bonds is 5. The first-order valence-corrected chi connectivity index (χ1v) is 6.23. The molecular weight excluding hydrogens is 226 g/mol. The molecular formula is C14H19N3O. The summed E-state index contributed by atoms with van der Waals surface area (Å²) in [7, 11) is 1.66. The molecule has 4 nitrogen and oxygen atoms in total. The van der Waals surface area contributed by atoms with E-state index in [-0.39, 0.29) is 0 Å². The summed E-state index contributed by atoms with van der Waals surface area (Å²) in [6.45, 7) is 3.01. The third kappa shape index (κ3) is 2.47. The highest BCUT2D eigenvalue weighted by atomic mass is 16.5. The lowest BCUT2D eigenvalue weighted by Crippen LogP contribution is -2.04. The molecule has 1 aromatic heterocycles. The first-order chi connectivity index (χ1) is 8.76. The molecule has 0 saturated heterocycles. The number of hydrogen-bond donors (Lipinski definition) is 1. The number of unbranched alkanes of at least 4 members (excludes halogenated alkanes) is 1. The molecule has 1 heterocycles. The second-order valence-electron chi connectivity index (χ2n) is 4.23. The van der Waals surface area contributed by atoms with Crippen molar-refractivity contribution in [3.63, 3.8) is 0 Å². The number of nitrogens with two attached hydrogens (primary N) is 1. The van der Waals surface area contributed by atoms with Crippen LogP contribution in [0.25, 0.3) is 11.3 Å². The van der Waals surface area contributed by atoms with Gasteiger partial charge in [0.25, 0.3) is 0 Å². The van der Waals surface area contributed by atoms with Crippen molar-refractivity contribution in [2.45, 2.75) is 26.3 Å². The number of ether oxygens (including phenoxy) is 1. The normalized spacial score (nSPS) is 10.6. The lowest BCUT2D eigenvalue weighted by atomic mass is 10.1. The van der Waals surface area contributed by atoms with Gasteiger partial charge in [0.15, 0.2) is 0 Å². The smallest absolute Gasteiger partial charge is 0.128 e. The van der Waals surface area contributed by atoms with Crippen molar-refractivity contribution in [3.05, 3.63) is 30.3 Å². The number of nitrogens with zero attached hydrogens (tertiary/aromatic N) is 2. The minimum Gasteiger partial charge on any atom is -0.496 e. The van der Waals surface area contributed by atoms with Crippen LogP contribution in [0.4, 0.5) is 5.82 Å². The zero-order valence-corrected chi connectivity index (χ0v) is 10.9. The van der Waals surface area contributed by atoms with Crippen LogP contribution in [0, 0.1) is 0 Å². The third-order valence-electron chi connectivity index (χ3n) is 2.92. The maximum atomic E-state index is 5.97. The molecule has 96 valence electrons. The van der Waals surface area contributed by atoms with E-state index in [1.54, 1.807) is 7.11 Å². The van der Waals surface area contributed by atoms with Crippen LogP contribution in [0.15, 0.2) is 30.3 Å². The van der Waals surface area contributed by atoms with Crippen LogP contribution < -0.4 is 10.5 Å². The summed E-state index contributed by atoms with van der Waals surface area (Å²) in [6, 6.07) is 9.73. The van der Waals surface area contributed by atoms with E-state index < -0.39 is 0 Å². The highest BCUT2D eigenvalue weighted by Crippen LogP contribution is 2.29. The van der Waals surface area contributed by atoms with Crippen LogP contribution in [0.2, 0.25) is 0 Å². The molecule has 0 fully saturated rings. The second kappa shape index (κ2) is 5.58. The van der Waals surface area contributed by atoms with E-state index in [4.69, 9.17) is 10.5 Å². The summed E-state index contributed by atoms with van der Waals surface area (Å²) >= 11 is 0. The molecule has 1 aromatic carbocycles. The van der Waals surface area contributed by atoms with E-state index in [2.05, 4.69) is 12.0 Å². The third-order valence-corrected chi connectivity index (χ3v) is 2.92. The van der Waals surface area contributed by atoms with E-state index in [1.807, 2.05) is 35.0 Å². The fourth-order valence-electron chi connectivity index (χ4n) is 1.91. The summed E-state index contributed by atoms with van der Waals surface area (Å²) in [4.78, 5) is 0. The molecule has 0 atom stereocenters. The van der Waals surface area contributed by atoms with Gasteiger partial charge in [-0.25, -0.2) is 4.68 Å². The molecule has 0 spiro atoms. The highest BCUT2D eigenvalue weighted by Gasteiger charge is 2.10. The number of nitrogen functional groups attached to an aromatic ring is 1. The monoisotopic (exact) mass is 245 g/mol. The van der Waals surface area contributed by atoms with Crippen molar-refractivity contribution in [2.24, 2.45) is 0 Å². The van der Waals surface area contributed by atoms with Crippen LogP contribution in [0.5, 0.6) is 5.75 Å². The molecule has 0 saturated carbocycles. The maximum Gasteiger partial charge on any atom is 0.128 e. The number of benzene rings is 1. The van der Waals surface area contributed by atoms with Crippen LogP contribution in [-0.4, -0.2) is 16.9 Å². The minimum atomic E-state index is 0.698. The fourth-order valence-corrected chi connectivity index (χ4v) is 1.91. The molecule has 2 N–H and O–H groups in total. The summed E-state index contributed by atoms with van der Waals surface area (Å²) < 4.78 is 7.19. The van der Waals surface area contributed by atoms with Gasteiger partial charge in [-0.15, -0.1) is 0 Å². The number of hydrogen-bond acceptors (Lipinski definition) is 3. The SMILES string of the molecule is CCCCn1nc(-c2ccccc2OC)cc1N. The predicted octanol–water partition coefficient (Wildman–Crippen LogP) is 2.94. The van der Waals surface area contributed by atoms with Crippen LogP contribution >= 0.6 is 0 Å². The molecule has 0 radical (unpaired) electrons. The van der Waals surface area contributed by atoms with E-state index in [0.29, 0.717) is 5.82 Å². The van der Waals surface area contributed by atoms with Gasteiger partial charge in [-0.2, -0.15) is 5.10 Å². The number of aryl methyl sites for hydroxylation is 1. The largest absolute Gasteiger partial charge is 0.496 e. The number of anilines is 1. The molecule has 2 rings (SSSR count). The average Bonchev–Trinajstić information content (AvgIpc) is 2.77. The zero-order valence-electron chi connectivity index (χ0n) is 10.9. The van der Waals surface area contributed by atoms with Crippen molar-refractivity contribution < 1.29 is 4.74 Å². The fraction of sp³-hybridized carbons (Fsp3) is 0.357. The summed E-state index contributed by atoms with van der Waals surface area (Å²) in [5.41, 5.74) is 7.81. The Balaban J connectivity index is 2.33. The topological polar surface area (TPSA) is 53.1 Å². The first-order valence-electron chi connectivity index (χ1n) is 6.23. The molecule has 0 aliphatic rings. The Morgan fingerprint density at radius 1 is 1.33 bits per heavy atom. The molecule has 0 aliphatic heterocycles. The number of para-hydroxylation sites is 1. The molecule has 2 aromatic rings. The van der Waals surface area contributed by atoms with Gasteiger partial charge in [-0.1, -0.05) is 25.5 Å². The van der Waals surface area contributed by atoms with Gasteiger partial charge in [0.05, 0.1) is 12.8 Å². The Morgan fingerprint density at radius 2 is 2.11 bits per heavy atom. The van der Waals surface area contributed by atoms with Gasteiger partial charge >= 0.3 is 0 Å². The molecule has 0 bridgehead atoms. The van der Waals surface area contributed by atoms with Gasteiger partial charge in [0.1, 0.15) is 11.6 Å². The van der Waals surface area contributed by atoms with Crippen molar-refractivity contribution in [3.8, 4) is 17.0 Å². The van der Waals surface area contributed by atoms with Crippen molar-refractivity contribution in [2.75, 3.05) is 12.8 Å². The van der Waals surface area contributed by atoms with Crippen LogP contribution in [0.1, 0.15) is 19.8 Å². The van der Waals surface area contributed by atoms with Crippen molar-refractivity contribution in [1.82, 2.24) is 9.78 Å². The molecule has 18 heavy (non-hydrogen) atoms.